The van der Waals surface area contributed by atoms with Crippen LogP contribution in [0.2, 0.25) is 0 Å². The number of halogens is 1. The average Bonchev–Trinajstić information content (AvgIpc) is 2.48. The molecule has 0 unspecified atom stereocenters. The molecule has 2 rings (SSSR count). The number of benzene rings is 2. The Hall–Kier alpha value is -2.21. The van der Waals surface area contributed by atoms with Gasteiger partial charge >= 0.3 is 0 Å². The molecule has 0 atom stereocenters. The van der Waals surface area contributed by atoms with Crippen LogP contribution in [0, 0.1) is 5.82 Å². The van der Waals surface area contributed by atoms with Crippen molar-refractivity contribution in [1.29, 1.82) is 0 Å². The Balaban J connectivity index is 1.96. The number of sulfone groups is 1. The summed E-state index contributed by atoms with van der Waals surface area (Å²) in [4.78, 5) is 12.1. The molecule has 2 aromatic rings. The zero-order valence-electron chi connectivity index (χ0n) is 12.0. The Morgan fingerprint density at radius 1 is 1.14 bits per heavy atom. The molecular formula is C16H16FNO3S. The maximum Gasteiger partial charge on any atom is 0.251 e. The fourth-order valence-corrected chi connectivity index (χ4v) is 2.61. The van der Waals surface area contributed by atoms with Gasteiger partial charge in [0.2, 0.25) is 0 Å². The third-order valence-electron chi connectivity index (χ3n) is 3.14. The molecule has 4 nitrogen and oxygen atoms in total. The van der Waals surface area contributed by atoms with Gasteiger partial charge in [0.05, 0.1) is 4.90 Å². The number of rotatable bonds is 5. The van der Waals surface area contributed by atoms with E-state index in [0.717, 1.165) is 11.8 Å². The van der Waals surface area contributed by atoms with E-state index >= 15 is 0 Å². The van der Waals surface area contributed by atoms with Crippen LogP contribution < -0.4 is 5.32 Å². The fraction of sp³-hybridized carbons (Fsp3) is 0.188. The minimum atomic E-state index is -3.34. The Bertz CT molecular complexity index is 770. The molecule has 22 heavy (non-hydrogen) atoms. The lowest BCUT2D eigenvalue weighted by molar-refractivity contribution is 0.0954. The molecule has 0 bridgehead atoms. The number of amides is 1. The number of carbonyl (C=O) groups is 1. The van der Waals surface area contributed by atoms with Crippen LogP contribution in [-0.2, 0) is 16.3 Å². The van der Waals surface area contributed by atoms with Crippen molar-refractivity contribution < 1.29 is 17.6 Å². The molecule has 0 heterocycles. The predicted molar refractivity (Wildman–Crippen MR) is 82.0 cm³/mol. The van der Waals surface area contributed by atoms with Gasteiger partial charge in [0.15, 0.2) is 9.84 Å². The van der Waals surface area contributed by atoms with E-state index in [2.05, 4.69) is 5.32 Å². The van der Waals surface area contributed by atoms with Gasteiger partial charge < -0.3 is 5.32 Å². The molecule has 0 radical (unpaired) electrons. The van der Waals surface area contributed by atoms with E-state index in [-0.39, 0.29) is 16.6 Å². The average molecular weight is 321 g/mol. The Morgan fingerprint density at radius 3 is 2.45 bits per heavy atom. The van der Waals surface area contributed by atoms with Gasteiger partial charge in [0.25, 0.3) is 5.91 Å². The van der Waals surface area contributed by atoms with E-state index in [4.69, 9.17) is 0 Å². The predicted octanol–water partition coefficient (Wildman–Crippen LogP) is 2.20. The van der Waals surface area contributed by atoms with Gasteiger partial charge in [0.1, 0.15) is 5.82 Å². The van der Waals surface area contributed by atoms with Crippen molar-refractivity contribution in [2.24, 2.45) is 0 Å². The summed E-state index contributed by atoms with van der Waals surface area (Å²) in [6.07, 6.45) is 1.66. The topological polar surface area (TPSA) is 63.2 Å². The highest BCUT2D eigenvalue weighted by Gasteiger charge is 2.11. The lowest BCUT2D eigenvalue weighted by atomic mass is 10.1. The smallest absolute Gasteiger partial charge is 0.251 e. The highest BCUT2D eigenvalue weighted by molar-refractivity contribution is 7.90. The molecule has 116 valence electrons. The van der Waals surface area contributed by atoms with Crippen LogP contribution in [0.25, 0.3) is 0 Å². The maximum absolute atomic E-state index is 12.8. The third kappa shape index (κ3) is 4.39. The number of hydrogen-bond acceptors (Lipinski definition) is 3. The molecule has 0 fully saturated rings. The summed E-state index contributed by atoms with van der Waals surface area (Å²) in [6.45, 7) is 0.383. The second-order valence-corrected chi connectivity index (χ2v) is 6.95. The molecule has 0 aliphatic carbocycles. The molecule has 0 aromatic heterocycles. The van der Waals surface area contributed by atoms with Crippen LogP contribution in [-0.4, -0.2) is 27.1 Å². The Morgan fingerprint density at radius 2 is 1.82 bits per heavy atom. The molecule has 0 aliphatic rings. The van der Waals surface area contributed by atoms with Crippen molar-refractivity contribution >= 4 is 15.7 Å². The van der Waals surface area contributed by atoms with E-state index in [1.807, 2.05) is 0 Å². The third-order valence-corrected chi connectivity index (χ3v) is 4.25. The largest absolute Gasteiger partial charge is 0.352 e. The molecule has 0 saturated carbocycles. The minimum absolute atomic E-state index is 0.110. The summed E-state index contributed by atoms with van der Waals surface area (Å²) in [6, 6.07) is 11.9. The van der Waals surface area contributed by atoms with Gasteiger partial charge in [-0.05, 0) is 42.3 Å². The van der Waals surface area contributed by atoms with Crippen LogP contribution in [0.4, 0.5) is 4.39 Å². The van der Waals surface area contributed by atoms with Gasteiger partial charge in [-0.15, -0.1) is 0 Å². The first-order valence-electron chi connectivity index (χ1n) is 6.69. The summed E-state index contributed by atoms with van der Waals surface area (Å²) < 4.78 is 35.7. The molecule has 1 amide bonds. The van der Waals surface area contributed by atoms with Crippen LogP contribution in [0.15, 0.2) is 53.4 Å². The van der Waals surface area contributed by atoms with E-state index < -0.39 is 9.84 Å². The van der Waals surface area contributed by atoms with Gasteiger partial charge in [-0.3, -0.25) is 4.79 Å². The highest BCUT2D eigenvalue weighted by atomic mass is 32.2. The second-order valence-electron chi connectivity index (χ2n) is 4.93. The lowest BCUT2D eigenvalue weighted by Gasteiger charge is -2.07. The number of carbonyl (C=O) groups excluding carboxylic acids is 1. The monoisotopic (exact) mass is 321 g/mol. The SMILES string of the molecule is CS(=O)(=O)c1cccc(C(=O)NCCc2ccc(F)cc2)c1. The van der Waals surface area contributed by atoms with Crippen molar-refractivity contribution in [2.75, 3.05) is 12.8 Å². The van der Waals surface area contributed by atoms with Crippen molar-refractivity contribution in [3.05, 3.63) is 65.5 Å². The van der Waals surface area contributed by atoms with Gasteiger partial charge in [-0.25, -0.2) is 12.8 Å². The summed E-state index contributed by atoms with van der Waals surface area (Å²) in [5.74, 6) is -0.641. The highest BCUT2D eigenvalue weighted by Crippen LogP contribution is 2.11. The maximum atomic E-state index is 12.8. The van der Waals surface area contributed by atoms with Crippen molar-refractivity contribution in [3.63, 3.8) is 0 Å². The summed E-state index contributed by atoms with van der Waals surface area (Å²) in [7, 11) is -3.34. The van der Waals surface area contributed by atoms with Crippen LogP contribution >= 0.6 is 0 Å². The molecule has 0 saturated heterocycles. The van der Waals surface area contributed by atoms with Gasteiger partial charge in [-0.1, -0.05) is 18.2 Å². The number of nitrogens with one attached hydrogen (secondary N) is 1. The first kappa shape index (κ1) is 16.2. The van der Waals surface area contributed by atoms with E-state index in [9.17, 15) is 17.6 Å². The molecule has 2 aromatic carbocycles. The van der Waals surface area contributed by atoms with Crippen LogP contribution in [0.5, 0.6) is 0 Å². The molecular weight excluding hydrogens is 305 g/mol. The molecule has 6 heteroatoms. The van der Waals surface area contributed by atoms with E-state index in [1.54, 1.807) is 18.2 Å². The van der Waals surface area contributed by atoms with E-state index in [0.29, 0.717) is 18.5 Å². The standard InChI is InChI=1S/C16H16FNO3S/c1-22(20,21)15-4-2-3-13(11-15)16(19)18-10-9-12-5-7-14(17)8-6-12/h2-8,11H,9-10H2,1H3,(H,18,19). The normalized spacial score (nSPS) is 11.2. The first-order chi connectivity index (χ1) is 10.4. The zero-order valence-corrected chi connectivity index (χ0v) is 12.9. The molecule has 0 aliphatic heterocycles. The summed E-state index contributed by atoms with van der Waals surface area (Å²) in [5, 5.41) is 2.71. The minimum Gasteiger partial charge on any atom is -0.352 e. The Labute approximate surface area is 128 Å². The van der Waals surface area contributed by atoms with Crippen LogP contribution in [0.1, 0.15) is 15.9 Å². The zero-order chi connectivity index (χ0) is 16.2. The van der Waals surface area contributed by atoms with Crippen molar-refractivity contribution in [1.82, 2.24) is 5.32 Å². The van der Waals surface area contributed by atoms with E-state index in [1.165, 1.54) is 30.3 Å². The number of hydrogen-bond donors (Lipinski definition) is 1. The second kappa shape index (κ2) is 6.70. The van der Waals surface area contributed by atoms with Crippen molar-refractivity contribution in [2.45, 2.75) is 11.3 Å². The van der Waals surface area contributed by atoms with Gasteiger partial charge in [-0.2, -0.15) is 0 Å². The summed E-state index contributed by atoms with van der Waals surface area (Å²) >= 11 is 0. The first-order valence-corrected chi connectivity index (χ1v) is 8.58. The van der Waals surface area contributed by atoms with Crippen molar-refractivity contribution in [3.8, 4) is 0 Å². The van der Waals surface area contributed by atoms with Crippen LogP contribution in [0.3, 0.4) is 0 Å². The Kier molecular flexibility index (Phi) is 4.92. The van der Waals surface area contributed by atoms with Gasteiger partial charge in [0, 0.05) is 18.4 Å². The summed E-state index contributed by atoms with van der Waals surface area (Å²) in [5.41, 5.74) is 1.20. The molecule has 1 N–H and O–H groups in total. The quantitative estimate of drug-likeness (QED) is 0.918. The molecule has 0 spiro atoms. The lowest BCUT2D eigenvalue weighted by Crippen LogP contribution is -2.25. The fourth-order valence-electron chi connectivity index (χ4n) is 1.94.